The van der Waals surface area contributed by atoms with E-state index < -0.39 is 0 Å². The molecular weight excluding hydrogens is 294 g/mol. The van der Waals surface area contributed by atoms with Gasteiger partial charge in [-0.1, -0.05) is 27.7 Å². The van der Waals surface area contributed by atoms with Crippen LogP contribution < -0.4 is 0 Å². The molecule has 1 aromatic heterocycles. The third kappa shape index (κ3) is 1.99. The third-order valence-electron chi connectivity index (χ3n) is 4.13. The summed E-state index contributed by atoms with van der Waals surface area (Å²) in [5.41, 5.74) is 7.79. The Morgan fingerprint density at radius 2 is 1.57 bits per heavy atom. The molecular formula is C18H15NS2. The Morgan fingerprint density at radius 3 is 2.43 bits per heavy atom. The van der Waals surface area contributed by atoms with Crippen LogP contribution in [0.15, 0.2) is 46.3 Å². The molecule has 3 heteroatoms. The van der Waals surface area contributed by atoms with Gasteiger partial charge in [-0.15, -0.1) is 0 Å². The summed E-state index contributed by atoms with van der Waals surface area (Å²) in [5.74, 6) is 0. The molecule has 0 aliphatic carbocycles. The Hall–Kier alpha value is -1.45. The molecule has 0 N–H and O–H groups in total. The van der Waals surface area contributed by atoms with E-state index in [-0.39, 0.29) is 0 Å². The van der Waals surface area contributed by atoms with Crippen molar-refractivity contribution in [1.29, 1.82) is 0 Å². The molecule has 2 heterocycles. The molecule has 0 fully saturated rings. The second-order valence-electron chi connectivity index (χ2n) is 5.57. The summed E-state index contributed by atoms with van der Waals surface area (Å²) in [7, 11) is 3.73. The Kier molecular flexibility index (Phi) is 3.02. The first kappa shape index (κ1) is 13.2. The summed E-state index contributed by atoms with van der Waals surface area (Å²) in [5, 5.41) is 1.27. The molecule has 1 nitrogen and oxygen atoms in total. The van der Waals surface area contributed by atoms with Gasteiger partial charge < -0.3 is 0 Å². The normalized spacial score (nSPS) is 13.1. The van der Waals surface area contributed by atoms with Gasteiger partial charge in [-0.2, -0.15) is 0 Å². The zero-order chi connectivity index (χ0) is 14.6. The predicted octanol–water partition coefficient (Wildman–Crippen LogP) is 5.94. The van der Waals surface area contributed by atoms with Crippen molar-refractivity contribution in [2.75, 3.05) is 0 Å². The Bertz CT molecular complexity index is 884. The Morgan fingerprint density at radius 1 is 0.857 bits per heavy atom. The molecule has 4 rings (SSSR count). The topological polar surface area (TPSA) is 12.9 Å². The predicted molar refractivity (Wildman–Crippen MR) is 93.1 cm³/mol. The maximum absolute atomic E-state index is 4.59. The van der Waals surface area contributed by atoms with Gasteiger partial charge in [-0.05, 0) is 67.3 Å². The van der Waals surface area contributed by atoms with E-state index in [1.807, 2.05) is 33.9 Å². The molecule has 2 aromatic carbocycles. The largest absolute Gasteiger partial charge is 0.256 e. The van der Waals surface area contributed by atoms with Crippen LogP contribution in [0.2, 0.25) is 0 Å². The van der Waals surface area contributed by atoms with Crippen LogP contribution in [0, 0.1) is 20.8 Å². The number of benzene rings is 2. The zero-order valence-corrected chi connectivity index (χ0v) is 13.9. The minimum absolute atomic E-state index is 1.12. The minimum Gasteiger partial charge on any atom is -0.256 e. The molecule has 0 atom stereocenters. The van der Waals surface area contributed by atoms with Gasteiger partial charge in [-0.3, -0.25) is 4.98 Å². The lowest BCUT2D eigenvalue weighted by Crippen LogP contribution is -1.96. The first-order valence-corrected chi connectivity index (χ1v) is 9.14. The number of aryl methyl sites for hydroxylation is 3. The van der Waals surface area contributed by atoms with Crippen molar-refractivity contribution in [3.05, 3.63) is 53.2 Å². The van der Waals surface area contributed by atoms with E-state index in [0.717, 1.165) is 5.52 Å². The average Bonchev–Trinajstić information content (AvgIpc) is 2.49. The average molecular weight is 309 g/mol. The summed E-state index contributed by atoms with van der Waals surface area (Å²) in [6.45, 7) is 6.53. The van der Waals surface area contributed by atoms with Crippen molar-refractivity contribution < 1.29 is 0 Å². The summed E-state index contributed by atoms with van der Waals surface area (Å²) in [6.07, 6.45) is 1.88. The van der Waals surface area contributed by atoms with Crippen LogP contribution in [0.25, 0.3) is 22.0 Å². The summed E-state index contributed by atoms with van der Waals surface area (Å²) >= 11 is 0. The zero-order valence-electron chi connectivity index (χ0n) is 12.2. The molecule has 3 aromatic rings. The quantitative estimate of drug-likeness (QED) is 0.477. The highest BCUT2D eigenvalue weighted by Gasteiger charge is 2.22. The molecule has 21 heavy (non-hydrogen) atoms. The Balaban J connectivity index is 2.14. The molecule has 0 saturated carbocycles. The SMILES string of the molecule is Cc1cc2c(cc1C)-c1c(cc(C)c3ncccc13)SS2. The fourth-order valence-corrected chi connectivity index (χ4v) is 5.41. The van der Waals surface area contributed by atoms with Crippen LogP contribution in [0.3, 0.4) is 0 Å². The van der Waals surface area contributed by atoms with E-state index in [9.17, 15) is 0 Å². The summed E-state index contributed by atoms with van der Waals surface area (Å²) in [4.78, 5) is 7.31. The molecule has 0 spiro atoms. The first-order valence-electron chi connectivity index (χ1n) is 6.99. The maximum Gasteiger partial charge on any atom is 0.0738 e. The van der Waals surface area contributed by atoms with Crippen LogP contribution in [-0.2, 0) is 0 Å². The van der Waals surface area contributed by atoms with Gasteiger partial charge in [0.15, 0.2) is 0 Å². The Labute approximate surface area is 132 Å². The highest BCUT2D eigenvalue weighted by atomic mass is 33.1. The highest BCUT2D eigenvalue weighted by Crippen LogP contribution is 2.53. The van der Waals surface area contributed by atoms with E-state index in [4.69, 9.17) is 0 Å². The van der Waals surface area contributed by atoms with Crippen molar-refractivity contribution in [1.82, 2.24) is 4.98 Å². The minimum atomic E-state index is 1.12. The fourth-order valence-electron chi connectivity index (χ4n) is 2.88. The highest BCUT2D eigenvalue weighted by molar-refractivity contribution is 8.76. The number of nitrogens with zero attached hydrogens (tertiary/aromatic N) is 1. The van der Waals surface area contributed by atoms with Crippen molar-refractivity contribution in [3.63, 3.8) is 0 Å². The van der Waals surface area contributed by atoms with Crippen LogP contribution in [0.1, 0.15) is 16.7 Å². The van der Waals surface area contributed by atoms with E-state index in [2.05, 4.69) is 50.0 Å². The number of rotatable bonds is 0. The van der Waals surface area contributed by atoms with Gasteiger partial charge in [0.2, 0.25) is 0 Å². The lowest BCUT2D eigenvalue weighted by atomic mass is 9.95. The molecule has 1 aliphatic heterocycles. The second-order valence-corrected chi connectivity index (χ2v) is 7.78. The number of fused-ring (bicyclic) bond motifs is 5. The monoisotopic (exact) mass is 309 g/mol. The third-order valence-corrected chi connectivity index (χ3v) is 6.56. The lowest BCUT2D eigenvalue weighted by molar-refractivity contribution is 1.26. The van der Waals surface area contributed by atoms with E-state index >= 15 is 0 Å². The fraction of sp³-hybridized carbons (Fsp3) is 0.167. The van der Waals surface area contributed by atoms with Gasteiger partial charge in [0.25, 0.3) is 0 Å². The maximum atomic E-state index is 4.59. The first-order chi connectivity index (χ1) is 10.1. The smallest absolute Gasteiger partial charge is 0.0738 e. The lowest BCUT2D eigenvalue weighted by Gasteiger charge is -2.22. The van der Waals surface area contributed by atoms with Gasteiger partial charge in [-0.25, -0.2) is 0 Å². The number of pyridine rings is 1. The molecule has 104 valence electrons. The summed E-state index contributed by atoms with van der Waals surface area (Å²) < 4.78 is 0. The van der Waals surface area contributed by atoms with Gasteiger partial charge in [0.1, 0.15) is 0 Å². The standard InChI is InChI=1S/C18H15NS2/c1-10-7-14-15(8-11(10)2)20-21-16-9-12(3)18-13(17(14)16)5-4-6-19-18/h4-9H,1-3H3. The molecule has 0 saturated heterocycles. The number of hydrogen-bond acceptors (Lipinski definition) is 3. The molecule has 1 aliphatic rings. The van der Waals surface area contributed by atoms with Crippen LogP contribution >= 0.6 is 21.6 Å². The van der Waals surface area contributed by atoms with Crippen LogP contribution in [0.5, 0.6) is 0 Å². The van der Waals surface area contributed by atoms with Crippen LogP contribution in [0.4, 0.5) is 0 Å². The van der Waals surface area contributed by atoms with Crippen molar-refractivity contribution >= 4 is 32.5 Å². The number of aromatic nitrogens is 1. The van der Waals surface area contributed by atoms with Gasteiger partial charge in [0.05, 0.1) is 5.52 Å². The second kappa shape index (κ2) is 4.79. The van der Waals surface area contributed by atoms with Crippen LogP contribution in [-0.4, -0.2) is 4.98 Å². The van der Waals surface area contributed by atoms with Crippen molar-refractivity contribution in [3.8, 4) is 11.1 Å². The van der Waals surface area contributed by atoms with Gasteiger partial charge >= 0.3 is 0 Å². The van der Waals surface area contributed by atoms with Crippen molar-refractivity contribution in [2.45, 2.75) is 30.6 Å². The van der Waals surface area contributed by atoms with Gasteiger partial charge in [0, 0.05) is 26.9 Å². The number of hydrogen-bond donors (Lipinski definition) is 0. The van der Waals surface area contributed by atoms with E-state index in [1.54, 1.807) is 0 Å². The van der Waals surface area contributed by atoms with E-state index in [1.165, 1.54) is 43.0 Å². The molecule has 0 amide bonds. The van der Waals surface area contributed by atoms with Crippen molar-refractivity contribution in [2.24, 2.45) is 0 Å². The summed E-state index contributed by atoms with van der Waals surface area (Å²) in [6, 6.07) is 11.2. The molecule has 0 bridgehead atoms. The molecule has 0 unspecified atom stereocenters. The van der Waals surface area contributed by atoms with E-state index in [0.29, 0.717) is 0 Å². The molecule has 0 radical (unpaired) electrons.